The van der Waals surface area contributed by atoms with Gasteiger partial charge in [-0.25, -0.2) is 26.9 Å². The molecule has 0 unspecified atom stereocenters. The van der Waals surface area contributed by atoms with E-state index in [4.69, 9.17) is 0 Å². The van der Waals surface area contributed by atoms with Crippen molar-refractivity contribution in [1.82, 2.24) is 14.3 Å². The van der Waals surface area contributed by atoms with Crippen LogP contribution in [0.1, 0.15) is 35.8 Å². The molecule has 0 atom stereocenters. The van der Waals surface area contributed by atoms with E-state index in [1.54, 1.807) is 18.2 Å². The Morgan fingerprint density at radius 3 is 2.31 bits per heavy atom. The van der Waals surface area contributed by atoms with Crippen molar-refractivity contribution in [3.05, 3.63) is 71.6 Å². The van der Waals surface area contributed by atoms with Crippen molar-refractivity contribution in [1.29, 1.82) is 0 Å². The monoisotopic (exact) mass is 419 g/mol. The topological polar surface area (TPSA) is 81.1 Å². The first kappa shape index (κ1) is 20.7. The van der Waals surface area contributed by atoms with Gasteiger partial charge >= 0.3 is 0 Å². The molecule has 1 aromatic heterocycles. The average molecular weight is 419 g/mol. The summed E-state index contributed by atoms with van der Waals surface area (Å²) in [5.41, 5.74) is -0.124. The summed E-state index contributed by atoms with van der Waals surface area (Å²) in [6, 6.07) is 9.70. The summed E-state index contributed by atoms with van der Waals surface area (Å²) < 4.78 is 56.8. The summed E-state index contributed by atoms with van der Waals surface area (Å²) in [7, 11) is -2.71. The Labute approximate surface area is 167 Å². The quantitative estimate of drug-likeness (QED) is 0.685. The maximum Gasteiger partial charge on any atom is 0.285 e. The number of halogens is 2. The molecule has 1 heterocycles. The molecule has 0 saturated heterocycles. The first-order valence-electron chi connectivity index (χ1n) is 8.75. The summed E-state index contributed by atoms with van der Waals surface area (Å²) >= 11 is 0. The van der Waals surface area contributed by atoms with E-state index < -0.39 is 33.1 Å². The van der Waals surface area contributed by atoms with Crippen molar-refractivity contribution < 1.29 is 22.0 Å². The fourth-order valence-electron chi connectivity index (χ4n) is 2.95. The molecule has 152 valence electrons. The molecule has 2 aromatic carbocycles. The third-order valence-corrected chi connectivity index (χ3v) is 5.76. The maximum absolute atomic E-state index is 14.0. The van der Waals surface area contributed by atoms with Crippen LogP contribution in [0.5, 0.6) is 0 Å². The van der Waals surface area contributed by atoms with E-state index >= 15 is 0 Å². The van der Waals surface area contributed by atoms with Gasteiger partial charge in [-0.15, -0.1) is 0 Å². The van der Waals surface area contributed by atoms with Crippen LogP contribution in [0, 0.1) is 11.6 Å². The van der Waals surface area contributed by atoms with Crippen molar-refractivity contribution in [2.75, 3.05) is 0 Å². The molecule has 0 spiro atoms. The van der Waals surface area contributed by atoms with Crippen molar-refractivity contribution in [3.8, 4) is 11.4 Å². The lowest BCUT2D eigenvalue weighted by Crippen LogP contribution is -2.31. The summed E-state index contributed by atoms with van der Waals surface area (Å²) in [5.74, 6) is -2.90. The second kappa shape index (κ2) is 7.75. The molecular formula is C20H19F2N3O3S. The fraction of sp³-hybridized carbons (Fsp3) is 0.200. The minimum absolute atomic E-state index is 0.0142. The first-order valence-corrected chi connectivity index (χ1v) is 10.2. The highest BCUT2D eigenvalue weighted by Gasteiger charge is 2.25. The molecule has 29 heavy (non-hydrogen) atoms. The molecule has 6 nitrogen and oxygen atoms in total. The van der Waals surface area contributed by atoms with Gasteiger partial charge < -0.3 is 4.57 Å². The highest BCUT2D eigenvalue weighted by molar-refractivity contribution is 7.90. The minimum atomic E-state index is -4.16. The summed E-state index contributed by atoms with van der Waals surface area (Å²) in [5, 5.41) is 0. The number of aromatic nitrogens is 2. The van der Waals surface area contributed by atoms with Crippen LogP contribution in [0.25, 0.3) is 11.4 Å². The second-order valence-electron chi connectivity index (χ2n) is 6.78. The standard InChI is InChI=1S/C20H19F2N3O3S/c1-12(2)13-7-4-5-10-17(13)29(27,28)24-20(26)16-11-25(3)19(23-16)18-14(21)8-6-9-15(18)22/h4-12H,1-3H3,(H,24,26). The number of imidazole rings is 1. The number of hydrogen-bond donors (Lipinski definition) is 1. The number of carbonyl (C=O) groups excluding carboxylic acids is 1. The van der Waals surface area contributed by atoms with E-state index in [9.17, 15) is 22.0 Å². The van der Waals surface area contributed by atoms with Crippen LogP contribution in [0.2, 0.25) is 0 Å². The highest BCUT2D eigenvalue weighted by atomic mass is 32.2. The molecule has 0 aliphatic carbocycles. The molecule has 0 saturated carbocycles. The van der Waals surface area contributed by atoms with Gasteiger partial charge in [0.25, 0.3) is 15.9 Å². The van der Waals surface area contributed by atoms with Gasteiger partial charge in [0.05, 0.1) is 10.5 Å². The van der Waals surface area contributed by atoms with Crippen LogP contribution in [-0.2, 0) is 17.1 Å². The van der Waals surface area contributed by atoms with Gasteiger partial charge in [0, 0.05) is 13.2 Å². The molecule has 0 aliphatic heterocycles. The van der Waals surface area contributed by atoms with Gasteiger partial charge in [0.2, 0.25) is 0 Å². The van der Waals surface area contributed by atoms with Gasteiger partial charge in [-0.3, -0.25) is 4.79 Å². The average Bonchev–Trinajstić information content (AvgIpc) is 3.03. The van der Waals surface area contributed by atoms with E-state index in [1.807, 2.05) is 18.6 Å². The smallest absolute Gasteiger partial charge is 0.285 e. The van der Waals surface area contributed by atoms with Crippen molar-refractivity contribution in [2.45, 2.75) is 24.7 Å². The molecule has 1 N–H and O–H groups in total. The molecule has 0 fully saturated rings. The van der Waals surface area contributed by atoms with E-state index in [-0.39, 0.29) is 22.3 Å². The lowest BCUT2D eigenvalue weighted by atomic mass is 10.0. The molecule has 0 radical (unpaired) electrons. The molecule has 1 amide bonds. The van der Waals surface area contributed by atoms with Crippen LogP contribution in [0.3, 0.4) is 0 Å². The highest BCUT2D eigenvalue weighted by Crippen LogP contribution is 2.26. The normalized spacial score (nSPS) is 11.7. The van der Waals surface area contributed by atoms with Gasteiger partial charge in [-0.05, 0) is 29.7 Å². The third-order valence-electron chi connectivity index (χ3n) is 4.35. The summed E-state index contributed by atoms with van der Waals surface area (Å²) in [6.45, 7) is 3.67. The van der Waals surface area contributed by atoms with Crippen molar-refractivity contribution in [2.24, 2.45) is 7.05 Å². The second-order valence-corrected chi connectivity index (χ2v) is 8.44. The Bertz CT molecular complexity index is 1170. The van der Waals surface area contributed by atoms with Gasteiger partial charge in [0.1, 0.15) is 23.2 Å². The number of carbonyl (C=O) groups is 1. The number of nitrogens with zero attached hydrogens (tertiary/aromatic N) is 2. The SMILES string of the molecule is CC(C)c1ccccc1S(=O)(=O)NC(=O)c1cn(C)c(-c2c(F)cccc2F)n1. The minimum Gasteiger partial charge on any atom is -0.333 e. The summed E-state index contributed by atoms with van der Waals surface area (Å²) in [4.78, 5) is 16.5. The van der Waals surface area contributed by atoms with Gasteiger partial charge in [-0.1, -0.05) is 38.1 Å². The maximum atomic E-state index is 14.0. The zero-order chi connectivity index (χ0) is 21.3. The van der Waals surface area contributed by atoms with E-state index in [1.165, 1.54) is 29.9 Å². The van der Waals surface area contributed by atoms with Crippen LogP contribution >= 0.6 is 0 Å². The van der Waals surface area contributed by atoms with E-state index in [0.717, 1.165) is 12.1 Å². The zero-order valence-electron chi connectivity index (χ0n) is 16.0. The fourth-order valence-corrected chi connectivity index (χ4v) is 4.28. The number of amides is 1. The Morgan fingerprint density at radius 2 is 1.69 bits per heavy atom. The van der Waals surface area contributed by atoms with Crippen LogP contribution in [-0.4, -0.2) is 23.9 Å². The number of nitrogens with one attached hydrogen (secondary N) is 1. The molecule has 9 heteroatoms. The Hall–Kier alpha value is -3.07. The third kappa shape index (κ3) is 4.04. The van der Waals surface area contributed by atoms with Gasteiger partial charge in [0.15, 0.2) is 0 Å². The number of rotatable bonds is 5. The van der Waals surface area contributed by atoms with Crippen LogP contribution in [0.4, 0.5) is 8.78 Å². The van der Waals surface area contributed by atoms with E-state index in [2.05, 4.69) is 4.98 Å². The number of hydrogen-bond acceptors (Lipinski definition) is 4. The zero-order valence-corrected chi connectivity index (χ0v) is 16.8. The molecule has 3 aromatic rings. The molecule has 0 aliphatic rings. The van der Waals surface area contributed by atoms with Crippen LogP contribution < -0.4 is 4.72 Å². The van der Waals surface area contributed by atoms with Gasteiger partial charge in [-0.2, -0.15) is 0 Å². The lowest BCUT2D eigenvalue weighted by molar-refractivity contribution is 0.0977. The first-order chi connectivity index (χ1) is 13.6. The predicted molar refractivity (Wildman–Crippen MR) is 104 cm³/mol. The van der Waals surface area contributed by atoms with Crippen molar-refractivity contribution in [3.63, 3.8) is 0 Å². The Kier molecular flexibility index (Phi) is 5.52. The van der Waals surface area contributed by atoms with Crippen LogP contribution in [0.15, 0.2) is 53.6 Å². The molecular weight excluding hydrogens is 400 g/mol. The lowest BCUT2D eigenvalue weighted by Gasteiger charge is -2.13. The van der Waals surface area contributed by atoms with Crippen molar-refractivity contribution >= 4 is 15.9 Å². The predicted octanol–water partition coefficient (Wildman–Crippen LogP) is 3.61. The summed E-state index contributed by atoms with van der Waals surface area (Å²) in [6.07, 6.45) is 1.21. The molecule has 0 bridgehead atoms. The number of aryl methyl sites for hydroxylation is 1. The number of benzene rings is 2. The largest absolute Gasteiger partial charge is 0.333 e. The Morgan fingerprint density at radius 1 is 1.07 bits per heavy atom. The number of sulfonamides is 1. The molecule has 3 rings (SSSR count). The Balaban J connectivity index is 1.95. The van der Waals surface area contributed by atoms with E-state index in [0.29, 0.717) is 5.56 Å².